The number of ether oxygens (including phenoxy) is 1. The van der Waals surface area contributed by atoms with Crippen LogP contribution in [0.3, 0.4) is 0 Å². The van der Waals surface area contributed by atoms with Crippen molar-refractivity contribution in [1.82, 2.24) is 5.32 Å². The van der Waals surface area contributed by atoms with Gasteiger partial charge in [0.15, 0.2) is 0 Å². The van der Waals surface area contributed by atoms with E-state index in [0.717, 1.165) is 5.56 Å². The van der Waals surface area contributed by atoms with E-state index in [2.05, 4.69) is 5.32 Å². The lowest BCUT2D eigenvalue weighted by Crippen LogP contribution is -2.35. The van der Waals surface area contributed by atoms with Crippen LogP contribution in [0.15, 0.2) is 30.3 Å². The Balaban J connectivity index is 0.000000823. The molecular weight excluding hydrogens is 330 g/mol. The fourth-order valence-electron chi connectivity index (χ4n) is 1.55. The molecular formula is C17H25NO7. The van der Waals surface area contributed by atoms with E-state index in [0.29, 0.717) is 18.3 Å². The van der Waals surface area contributed by atoms with Crippen LogP contribution in [0.2, 0.25) is 0 Å². The van der Waals surface area contributed by atoms with Gasteiger partial charge < -0.3 is 30.5 Å². The first-order chi connectivity index (χ1) is 11.8. The first-order valence-electron chi connectivity index (χ1n) is 7.64. The molecule has 8 heteroatoms. The molecule has 1 unspecified atom stereocenters. The summed E-state index contributed by atoms with van der Waals surface area (Å²) in [5.74, 6) is -2.94. The van der Waals surface area contributed by atoms with Gasteiger partial charge in [-0.3, -0.25) is 0 Å². The molecule has 0 heterocycles. The minimum absolute atomic E-state index is 0.00469. The quantitative estimate of drug-likeness (QED) is 0.427. The lowest BCUT2D eigenvalue weighted by Gasteiger charge is -2.16. The number of nitrogens with one attached hydrogen (secondary N) is 1. The Morgan fingerprint density at radius 3 is 2.32 bits per heavy atom. The third-order valence-corrected chi connectivity index (χ3v) is 2.70. The highest BCUT2D eigenvalue weighted by atomic mass is 16.5. The van der Waals surface area contributed by atoms with Gasteiger partial charge in [-0.1, -0.05) is 44.2 Å². The van der Waals surface area contributed by atoms with Crippen molar-refractivity contribution in [1.29, 1.82) is 0 Å². The minimum Gasteiger partial charge on any atom is -0.490 e. The Hall–Kier alpha value is -2.42. The third-order valence-electron chi connectivity index (χ3n) is 2.70. The van der Waals surface area contributed by atoms with Crippen LogP contribution in [0.1, 0.15) is 19.4 Å². The highest BCUT2D eigenvalue weighted by Gasteiger charge is 2.07. The second-order valence-electron chi connectivity index (χ2n) is 5.26. The van der Waals surface area contributed by atoms with E-state index in [4.69, 9.17) is 29.6 Å². The summed E-state index contributed by atoms with van der Waals surface area (Å²) in [7, 11) is 0. The maximum atomic E-state index is 9.78. The molecule has 0 bridgehead atoms. The number of rotatable bonds is 8. The Morgan fingerprint density at radius 1 is 1.20 bits per heavy atom. The van der Waals surface area contributed by atoms with Crippen molar-refractivity contribution >= 4 is 18.0 Å². The zero-order valence-electron chi connectivity index (χ0n) is 14.3. The van der Waals surface area contributed by atoms with E-state index >= 15 is 0 Å². The van der Waals surface area contributed by atoms with Crippen LogP contribution in [-0.4, -0.2) is 64.3 Å². The SMILES string of the molecule is CC(C)NCC(O)COc1ccccc1/C=C\CO.O=C(O)C(=O)O. The van der Waals surface area contributed by atoms with Crippen LogP contribution in [0.5, 0.6) is 5.75 Å². The Morgan fingerprint density at radius 2 is 1.80 bits per heavy atom. The molecule has 5 N–H and O–H groups in total. The molecule has 0 aliphatic rings. The van der Waals surface area contributed by atoms with Crippen molar-refractivity contribution in [2.24, 2.45) is 0 Å². The summed E-state index contributed by atoms with van der Waals surface area (Å²) in [6.45, 7) is 4.80. The number of carbonyl (C=O) groups is 2. The van der Waals surface area contributed by atoms with Crippen LogP contribution in [0.4, 0.5) is 0 Å². The average Bonchev–Trinajstić information content (AvgIpc) is 2.57. The molecule has 8 nitrogen and oxygen atoms in total. The van der Waals surface area contributed by atoms with Crippen molar-refractivity contribution in [3.05, 3.63) is 35.9 Å². The number of hydrogen-bond donors (Lipinski definition) is 5. The zero-order valence-corrected chi connectivity index (χ0v) is 14.3. The van der Waals surface area contributed by atoms with Gasteiger partial charge in [-0.15, -0.1) is 0 Å². The van der Waals surface area contributed by atoms with Gasteiger partial charge in [-0.05, 0) is 6.07 Å². The summed E-state index contributed by atoms with van der Waals surface area (Å²) in [5, 5.41) is 36.5. The maximum absolute atomic E-state index is 9.78. The molecule has 1 aromatic carbocycles. The number of carboxylic acid groups (broad SMARTS) is 2. The standard InChI is InChI=1S/C15H23NO3.C2H2O4/c1-12(2)16-10-14(18)11-19-15-8-4-3-6-13(15)7-5-9-17;3-1(4)2(5)6/h3-8,12,14,16-18H,9-11H2,1-2H3;(H,3,4)(H,5,6)/b7-5-;. The fourth-order valence-corrected chi connectivity index (χ4v) is 1.55. The van der Waals surface area contributed by atoms with Crippen LogP contribution in [0, 0.1) is 0 Å². The number of hydrogen-bond acceptors (Lipinski definition) is 6. The van der Waals surface area contributed by atoms with Gasteiger partial charge in [-0.2, -0.15) is 0 Å². The number of aliphatic carboxylic acids is 2. The van der Waals surface area contributed by atoms with Crippen molar-refractivity contribution in [2.45, 2.75) is 26.0 Å². The summed E-state index contributed by atoms with van der Waals surface area (Å²) in [6, 6.07) is 7.87. The summed E-state index contributed by atoms with van der Waals surface area (Å²) in [5.41, 5.74) is 0.889. The summed E-state index contributed by atoms with van der Waals surface area (Å²) in [4.78, 5) is 18.2. The summed E-state index contributed by atoms with van der Waals surface area (Å²) < 4.78 is 5.61. The van der Waals surface area contributed by atoms with Gasteiger partial charge in [-0.25, -0.2) is 9.59 Å². The van der Waals surface area contributed by atoms with Crippen molar-refractivity contribution < 1.29 is 34.8 Å². The van der Waals surface area contributed by atoms with Gasteiger partial charge in [0.05, 0.1) is 6.61 Å². The van der Waals surface area contributed by atoms with Gasteiger partial charge in [0.2, 0.25) is 0 Å². The van der Waals surface area contributed by atoms with E-state index in [1.165, 1.54) is 0 Å². The first kappa shape index (κ1) is 22.6. The molecule has 1 rings (SSSR count). The average molecular weight is 355 g/mol. The highest BCUT2D eigenvalue weighted by molar-refractivity contribution is 6.27. The van der Waals surface area contributed by atoms with Crippen LogP contribution in [-0.2, 0) is 9.59 Å². The predicted octanol–water partition coefficient (Wildman–Crippen LogP) is 0.585. The van der Waals surface area contributed by atoms with E-state index in [9.17, 15) is 5.11 Å². The van der Waals surface area contributed by atoms with Gasteiger partial charge >= 0.3 is 11.9 Å². The van der Waals surface area contributed by atoms with Crippen molar-refractivity contribution in [2.75, 3.05) is 19.8 Å². The zero-order chi connectivity index (χ0) is 19.2. The van der Waals surface area contributed by atoms with E-state index < -0.39 is 18.0 Å². The molecule has 25 heavy (non-hydrogen) atoms. The Bertz CT molecular complexity index is 546. The lowest BCUT2D eigenvalue weighted by molar-refractivity contribution is -0.159. The van der Waals surface area contributed by atoms with E-state index in [-0.39, 0.29) is 13.2 Å². The van der Waals surface area contributed by atoms with Crippen LogP contribution < -0.4 is 10.1 Å². The Kier molecular flexibility index (Phi) is 11.7. The molecule has 0 radical (unpaired) electrons. The smallest absolute Gasteiger partial charge is 0.414 e. The molecule has 1 atom stereocenters. The topological polar surface area (TPSA) is 136 Å². The van der Waals surface area contributed by atoms with Gasteiger partial charge in [0.1, 0.15) is 18.5 Å². The van der Waals surface area contributed by atoms with Gasteiger partial charge in [0, 0.05) is 18.2 Å². The van der Waals surface area contributed by atoms with E-state index in [1.807, 2.05) is 38.1 Å². The minimum atomic E-state index is -1.82. The second-order valence-corrected chi connectivity index (χ2v) is 5.26. The van der Waals surface area contributed by atoms with Crippen LogP contribution in [0.25, 0.3) is 6.08 Å². The van der Waals surface area contributed by atoms with Gasteiger partial charge in [0.25, 0.3) is 0 Å². The van der Waals surface area contributed by atoms with Crippen LogP contribution >= 0.6 is 0 Å². The molecule has 0 spiro atoms. The monoisotopic (exact) mass is 355 g/mol. The lowest BCUT2D eigenvalue weighted by atomic mass is 10.2. The molecule has 1 aromatic rings. The number of aliphatic hydroxyl groups excluding tert-OH is 2. The molecule has 0 aliphatic carbocycles. The molecule has 0 aliphatic heterocycles. The summed E-state index contributed by atoms with van der Waals surface area (Å²) in [6.07, 6.45) is 2.91. The van der Waals surface area contributed by atoms with Crippen molar-refractivity contribution in [3.8, 4) is 5.75 Å². The summed E-state index contributed by atoms with van der Waals surface area (Å²) >= 11 is 0. The van der Waals surface area contributed by atoms with E-state index in [1.54, 1.807) is 12.2 Å². The second kappa shape index (κ2) is 12.9. The first-order valence-corrected chi connectivity index (χ1v) is 7.64. The number of aliphatic hydroxyl groups is 2. The maximum Gasteiger partial charge on any atom is 0.414 e. The molecule has 0 amide bonds. The number of carboxylic acids is 2. The fraction of sp³-hybridized carbons (Fsp3) is 0.412. The highest BCUT2D eigenvalue weighted by Crippen LogP contribution is 2.19. The predicted molar refractivity (Wildman–Crippen MR) is 92.5 cm³/mol. The molecule has 0 aromatic heterocycles. The largest absolute Gasteiger partial charge is 0.490 e. The normalized spacial score (nSPS) is 11.7. The molecule has 0 saturated carbocycles. The molecule has 0 saturated heterocycles. The molecule has 0 fully saturated rings. The van der Waals surface area contributed by atoms with Crippen molar-refractivity contribution in [3.63, 3.8) is 0 Å². The number of benzene rings is 1. The number of para-hydroxylation sites is 1. The third kappa shape index (κ3) is 11.7. The molecule has 140 valence electrons. The Labute approximate surface area is 146 Å².